The molecule has 0 bridgehead atoms. The van der Waals surface area contributed by atoms with Gasteiger partial charge in [0.25, 0.3) is 0 Å². The van der Waals surface area contributed by atoms with E-state index in [0.29, 0.717) is 0 Å². The highest BCUT2D eigenvalue weighted by atomic mass is 19.4. The van der Waals surface area contributed by atoms with Gasteiger partial charge in [-0.05, 0) is 0 Å². The number of rotatable bonds is 0. The van der Waals surface area contributed by atoms with Crippen molar-refractivity contribution in [2.45, 2.75) is 12.4 Å². The molecular formula is C4H4F6N2O2. The van der Waals surface area contributed by atoms with Gasteiger partial charge < -0.3 is 11.5 Å². The number of ketones is 1. The van der Waals surface area contributed by atoms with Crippen LogP contribution in [-0.2, 0) is 4.79 Å². The lowest BCUT2D eigenvalue weighted by molar-refractivity contribution is -0.217. The molecule has 0 aliphatic carbocycles. The Morgan fingerprint density at radius 2 is 0.929 bits per heavy atom. The second-order valence-electron chi connectivity index (χ2n) is 1.73. The van der Waals surface area contributed by atoms with Gasteiger partial charge in [-0.2, -0.15) is 26.3 Å². The summed E-state index contributed by atoms with van der Waals surface area (Å²) in [5.74, 6) is -3.68. The first-order chi connectivity index (χ1) is 5.89. The van der Waals surface area contributed by atoms with Crippen molar-refractivity contribution in [1.29, 1.82) is 0 Å². The zero-order valence-corrected chi connectivity index (χ0v) is 6.24. The van der Waals surface area contributed by atoms with Crippen LogP contribution in [-0.4, -0.2) is 24.2 Å². The van der Waals surface area contributed by atoms with Gasteiger partial charge in [-0.25, -0.2) is 4.79 Å². The smallest absolute Gasteiger partial charge is 0.352 e. The molecule has 0 spiro atoms. The number of halogens is 6. The van der Waals surface area contributed by atoms with Crippen LogP contribution >= 0.6 is 0 Å². The number of urea groups is 1. The van der Waals surface area contributed by atoms with Crippen molar-refractivity contribution in [1.82, 2.24) is 0 Å². The number of hydrogen-bond donors (Lipinski definition) is 2. The normalized spacial score (nSPS) is 11.3. The van der Waals surface area contributed by atoms with Gasteiger partial charge in [-0.3, -0.25) is 4.79 Å². The standard InChI is InChI=1S/C3F6O.CH4N2O/c4-2(5,6)1(10)3(7,8)9;2-1(3)4/h;(H4,2,3,4). The first kappa shape index (κ1) is 15.0. The summed E-state index contributed by atoms with van der Waals surface area (Å²) in [5, 5.41) is 0. The Hall–Kier alpha value is -1.48. The van der Waals surface area contributed by atoms with E-state index in [2.05, 4.69) is 11.5 Å². The maximum atomic E-state index is 10.9. The zero-order valence-electron chi connectivity index (χ0n) is 6.24. The van der Waals surface area contributed by atoms with Crippen LogP contribution in [0.4, 0.5) is 31.1 Å². The van der Waals surface area contributed by atoms with Gasteiger partial charge in [-0.1, -0.05) is 0 Å². The Balaban J connectivity index is 0. The summed E-state index contributed by atoms with van der Waals surface area (Å²) in [6, 6.07) is -0.833. The molecule has 0 saturated heterocycles. The van der Waals surface area contributed by atoms with Crippen molar-refractivity contribution < 1.29 is 35.9 Å². The molecule has 0 rings (SSSR count). The molecule has 0 aromatic rings. The summed E-state index contributed by atoms with van der Waals surface area (Å²) >= 11 is 0. The SMILES string of the molecule is NC(N)=O.O=C(C(F)(F)F)C(F)(F)F. The number of Topliss-reactive ketones (excluding diaryl/α,β-unsaturated/α-hetero) is 1. The fourth-order valence-electron chi connectivity index (χ4n) is 0.161. The summed E-state index contributed by atoms with van der Waals surface area (Å²) in [6.07, 6.45) is -11.6. The quantitative estimate of drug-likeness (QED) is 0.595. The molecule has 84 valence electrons. The Kier molecular flexibility index (Phi) is 5.01. The summed E-state index contributed by atoms with van der Waals surface area (Å²) in [6.45, 7) is 0. The lowest BCUT2D eigenvalue weighted by Crippen LogP contribution is -2.36. The van der Waals surface area contributed by atoms with E-state index >= 15 is 0 Å². The van der Waals surface area contributed by atoms with Crippen molar-refractivity contribution in [3.8, 4) is 0 Å². The molecule has 0 unspecified atom stereocenters. The molecule has 0 heterocycles. The van der Waals surface area contributed by atoms with Crippen LogP contribution in [0.1, 0.15) is 0 Å². The van der Waals surface area contributed by atoms with E-state index in [9.17, 15) is 31.1 Å². The lowest BCUT2D eigenvalue weighted by Gasteiger charge is -2.06. The molecule has 0 radical (unpaired) electrons. The van der Waals surface area contributed by atoms with E-state index < -0.39 is 24.2 Å². The molecule has 10 heteroatoms. The van der Waals surface area contributed by atoms with Crippen molar-refractivity contribution >= 4 is 11.8 Å². The minimum Gasteiger partial charge on any atom is -0.352 e. The molecular weight excluding hydrogens is 222 g/mol. The number of nitrogens with two attached hydrogens (primary N) is 2. The molecule has 0 saturated carbocycles. The topological polar surface area (TPSA) is 86.2 Å². The van der Waals surface area contributed by atoms with Crippen LogP contribution in [0.5, 0.6) is 0 Å². The van der Waals surface area contributed by atoms with Gasteiger partial charge in [0, 0.05) is 0 Å². The van der Waals surface area contributed by atoms with Crippen molar-refractivity contribution in [3.05, 3.63) is 0 Å². The zero-order chi connectivity index (χ0) is 12.2. The molecule has 0 atom stereocenters. The number of primary amides is 2. The van der Waals surface area contributed by atoms with E-state index in [1.54, 1.807) is 0 Å². The third-order valence-corrected chi connectivity index (χ3v) is 0.515. The van der Waals surface area contributed by atoms with Gasteiger partial charge in [0.2, 0.25) is 0 Å². The number of hydrogen-bond acceptors (Lipinski definition) is 2. The van der Waals surface area contributed by atoms with Crippen LogP contribution in [0.3, 0.4) is 0 Å². The highest BCUT2D eigenvalue weighted by Crippen LogP contribution is 2.28. The fraction of sp³-hybridized carbons (Fsp3) is 0.500. The molecule has 4 nitrogen and oxygen atoms in total. The Bertz CT molecular complexity index is 199. The van der Waals surface area contributed by atoms with Gasteiger partial charge in [0.1, 0.15) is 0 Å². The van der Waals surface area contributed by atoms with Crippen molar-refractivity contribution in [2.75, 3.05) is 0 Å². The fourth-order valence-corrected chi connectivity index (χ4v) is 0.161. The Morgan fingerprint density at radius 1 is 0.786 bits per heavy atom. The lowest BCUT2D eigenvalue weighted by atomic mass is 10.4. The van der Waals surface area contributed by atoms with Crippen LogP contribution < -0.4 is 11.5 Å². The van der Waals surface area contributed by atoms with Crippen molar-refractivity contribution in [3.63, 3.8) is 0 Å². The molecule has 0 aromatic carbocycles. The van der Waals surface area contributed by atoms with Gasteiger partial charge in [0.15, 0.2) is 0 Å². The Morgan fingerprint density at radius 3 is 0.929 bits per heavy atom. The van der Waals surface area contributed by atoms with Crippen molar-refractivity contribution in [2.24, 2.45) is 11.5 Å². The Labute approximate surface area is 72.8 Å². The average Bonchev–Trinajstić information content (AvgIpc) is 1.80. The molecule has 0 aliphatic rings. The molecule has 0 aromatic heterocycles. The maximum Gasteiger partial charge on any atom is 0.459 e. The molecule has 4 N–H and O–H groups in total. The van der Waals surface area contributed by atoms with Crippen LogP contribution in [0, 0.1) is 0 Å². The first-order valence-corrected chi connectivity index (χ1v) is 2.62. The first-order valence-electron chi connectivity index (χ1n) is 2.62. The highest BCUT2D eigenvalue weighted by Gasteiger charge is 2.55. The monoisotopic (exact) mass is 226 g/mol. The van der Waals surface area contributed by atoms with E-state index in [1.807, 2.05) is 0 Å². The number of carbonyl (C=O) groups is 2. The predicted octanol–water partition coefficient (Wildman–Crippen LogP) is 0.704. The second-order valence-corrected chi connectivity index (χ2v) is 1.73. The largest absolute Gasteiger partial charge is 0.459 e. The molecule has 14 heavy (non-hydrogen) atoms. The third kappa shape index (κ3) is 8.62. The average molecular weight is 226 g/mol. The predicted molar refractivity (Wildman–Crippen MR) is 30.9 cm³/mol. The number of amides is 2. The summed E-state index contributed by atoms with van der Waals surface area (Å²) < 4.78 is 65.3. The van der Waals surface area contributed by atoms with E-state index in [0.717, 1.165) is 0 Å². The van der Waals surface area contributed by atoms with Crippen LogP contribution in [0.2, 0.25) is 0 Å². The number of carbonyl (C=O) groups excluding carboxylic acids is 2. The van der Waals surface area contributed by atoms with E-state index in [1.165, 1.54) is 0 Å². The molecule has 0 fully saturated rings. The van der Waals surface area contributed by atoms with Gasteiger partial charge in [0.05, 0.1) is 0 Å². The minimum atomic E-state index is -5.82. The molecule has 2 amide bonds. The van der Waals surface area contributed by atoms with Crippen LogP contribution in [0.15, 0.2) is 0 Å². The number of alkyl halides is 6. The summed E-state index contributed by atoms with van der Waals surface area (Å²) in [7, 11) is 0. The highest BCUT2D eigenvalue weighted by molar-refractivity contribution is 5.89. The third-order valence-electron chi connectivity index (χ3n) is 0.515. The summed E-state index contributed by atoms with van der Waals surface area (Å²) in [5.41, 5.74) is 8.50. The van der Waals surface area contributed by atoms with Gasteiger partial charge >= 0.3 is 24.2 Å². The van der Waals surface area contributed by atoms with Gasteiger partial charge in [-0.15, -0.1) is 0 Å². The van der Waals surface area contributed by atoms with Crippen LogP contribution in [0.25, 0.3) is 0 Å². The second kappa shape index (κ2) is 4.67. The molecule has 0 aliphatic heterocycles. The van der Waals surface area contributed by atoms with E-state index in [-0.39, 0.29) is 0 Å². The minimum absolute atomic E-state index is 0.833. The maximum absolute atomic E-state index is 10.9. The van der Waals surface area contributed by atoms with E-state index in [4.69, 9.17) is 4.79 Å². The summed E-state index contributed by atoms with van der Waals surface area (Å²) in [4.78, 5) is 18.2.